The average molecular weight is 431 g/mol. The van der Waals surface area contributed by atoms with E-state index in [1.54, 1.807) is 0 Å². The highest BCUT2D eigenvalue weighted by Crippen LogP contribution is 2.43. The summed E-state index contributed by atoms with van der Waals surface area (Å²) in [5.74, 6) is -0.826. The van der Waals surface area contributed by atoms with Gasteiger partial charge in [0.15, 0.2) is 5.79 Å². The third kappa shape index (κ3) is 7.91. The molecule has 1 saturated carbocycles. The van der Waals surface area contributed by atoms with E-state index in [-0.39, 0.29) is 30.5 Å². The Labute approximate surface area is 177 Å². The number of unbranched alkanes of at least 4 members (excludes halogenated alkanes) is 3. The molecule has 0 aromatic rings. The topological polar surface area (TPSA) is 85.2 Å². The molecule has 0 amide bonds. The van der Waals surface area contributed by atoms with Gasteiger partial charge in [0.25, 0.3) is 0 Å². The third-order valence-electron chi connectivity index (χ3n) is 6.34. The summed E-state index contributed by atoms with van der Waals surface area (Å²) in [6.07, 6.45) is 12.9. The molecule has 5 atom stereocenters. The largest absolute Gasteiger partial charge is 0.481 e. The van der Waals surface area contributed by atoms with Gasteiger partial charge in [-0.25, -0.2) is 0 Å². The van der Waals surface area contributed by atoms with E-state index >= 15 is 0 Å². The summed E-state index contributed by atoms with van der Waals surface area (Å²) in [5.41, 5.74) is 0. The van der Waals surface area contributed by atoms with Crippen LogP contribution in [0.2, 0.25) is 0 Å². The van der Waals surface area contributed by atoms with Gasteiger partial charge in [-0.3, -0.25) is 4.79 Å². The Morgan fingerprint density at radius 2 is 1.93 bits per heavy atom. The Kier molecular flexibility index (Phi) is 11.1. The second-order valence-electron chi connectivity index (χ2n) is 8.40. The van der Waals surface area contributed by atoms with Crippen molar-refractivity contribution in [1.29, 1.82) is 0 Å². The predicted octanol–water partition coefficient (Wildman–Crippen LogP) is 4.46. The van der Waals surface area contributed by atoms with Crippen LogP contribution < -0.4 is 0 Å². The fourth-order valence-electron chi connectivity index (χ4n) is 4.72. The van der Waals surface area contributed by atoms with Gasteiger partial charge in [0.1, 0.15) is 0 Å². The zero-order valence-corrected chi connectivity index (χ0v) is 18.9. The van der Waals surface area contributed by atoms with Crippen LogP contribution in [0, 0.1) is 11.8 Å². The predicted molar refractivity (Wildman–Crippen MR) is 115 cm³/mol. The first-order valence-electron chi connectivity index (χ1n) is 11.2. The number of carbonyl (C=O) groups is 1. The summed E-state index contributed by atoms with van der Waals surface area (Å²) in [5, 5.41) is 19.3. The molecular formula is C22H39O6P. The Morgan fingerprint density at radius 1 is 1.17 bits per heavy atom. The minimum absolute atomic E-state index is 0.0227. The number of hydrogen-bond acceptors (Lipinski definition) is 5. The molecule has 1 saturated heterocycles. The van der Waals surface area contributed by atoms with Crippen LogP contribution in [0.15, 0.2) is 12.2 Å². The molecule has 5 unspecified atom stereocenters. The fraction of sp³-hybridized carbons (Fsp3) is 0.864. The summed E-state index contributed by atoms with van der Waals surface area (Å²) >= 11 is 0. The normalized spacial score (nSPS) is 29.1. The number of aliphatic hydroxyl groups is 1. The van der Waals surface area contributed by atoms with Crippen molar-refractivity contribution in [3.8, 4) is 0 Å². The van der Waals surface area contributed by atoms with Crippen LogP contribution in [0.3, 0.4) is 0 Å². The van der Waals surface area contributed by atoms with E-state index < -0.39 is 11.8 Å². The number of allylic oxidation sites excluding steroid dienone is 2. The summed E-state index contributed by atoms with van der Waals surface area (Å²) in [6.45, 7) is 3.51. The monoisotopic (exact) mass is 430 g/mol. The zero-order valence-electron chi connectivity index (χ0n) is 17.8. The first-order valence-corrected chi connectivity index (χ1v) is 11.7. The molecule has 29 heavy (non-hydrogen) atoms. The number of carboxylic acids is 1. The van der Waals surface area contributed by atoms with Crippen molar-refractivity contribution in [3.63, 3.8) is 0 Å². The minimum Gasteiger partial charge on any atom is -0.481 e. The van der Waals surface area contributed by atoms with E-state index in [0.29, 0.717) is 26.1 Å². The molecule has 0 spiro atoms. The van der Waals surface area contributed by atoms with Crippen LogP contribution in [0.1, 0.15) is 77.6 Å². The lowest BCUT2D eigenvalue weighted by molar-refractivity contribution is -0.171. The summed E-state index contributed by atoms with van der Waals surface area (Å²) in [6, 6.07) is 0. The van der Waals surface area contributed by atoms with Crippen molar-refractivity contribution < 1.29 is 29.0 Å². The Morgan fingerprint density at radius 3 is 2.59 bits per heavy atom. The summed E-state index contributed by atoms with van der Waals surface area (Å²) < 4.78 is 17.7. The van der Waals surface area contributed by atoms with E-state index in [9.17, 15) is 9.90 Å². The smallest absolute Gasteiger partial charge is 0.303 e. The molecule has 7 heteroatoms. The average Bonchev–Trinajstić information content (AvgIpc) is 3.28. The van der Waals surface area contributed by atoms with Gasteiger partial charge >= 0.3 is 5.97 Å². The highest BCUT2D eigenvalue weighted by molar-refractivity contribution is 7.09. The van der Waals surface area contributed by atoms with Gasteiger partial charge in [-0.05, 0) is 43.9 Å². The molecule has 6 nitrogen and oxygen atoms in total. The van der Waals surface area contributed by atoms with Crippen LogP contribution in [-0.2, 0) is 18.8 Å². The third-order valence-corrected chi connectivity index (χ3v) is 6.69. The molecule has 2 rings (SSSR count). The minimum atomic E-state index is -0.755. The molecule has 2 aliphatic rings. The van der Waals surface area contributed by atoms with Crippen molar-refractivity contribution in [3.05, 3.63) is 12.2 Å². The number of rotatable bonds is 14. The van der Waals surface area contributed by atoms with E-state index in [1.165, 1.54) is 12.8 Å². The SMILES string of the molecule is CCCCCC1(CCC2C(OP)CC(O)C2C/C=C/CCCC(=O)O)OCCO1. The highest BCUT2D eigenvalue weighted by Gasteiger charge is 2.44. The molecule has 0 bridgehead atoms. The Hall–Kier alpha value is -0.520. The summed E-state index contributed by atoms with van der Waals surface area (Å²) in [7, 11) is 2.37. The van der Waals surface area contributed by atoms with Gasteiger partial charge in [-0.15, -0.1) is 0 Å². The van der Waals surface area contributed by atoms with Crippen LogP contribution in [0.4, 0.5) is 0 Å². The molecule has 2 N–H and O–H groups in total. The number of aliphatic carboxylic acids is 1. The van der Waals surface area contributed by atoms with Crippen molar-refractivity contribution in [2.24, 2.45) is 11.8 Å². The van der Waals surface area contributed by atoms with E-state index in [4.69, 9.17) is 19.1 Å². The van der Waals surface area contributed by atoms with Crippen molar-refractivity contribution in [2.45, 2.75) is 95.5 Å². The fourth-order valence-corrected chi connectivity index (χ4v) is 5.03. The van der Waals surface area contributed by atoms with Crippen LogP contribution in [0.5, 0.6) is 0 Å². The molecule has 0 aromatic heterocycles. The molecule has 1 aliphatic heterocycles. The van der Waals surface area contributed by atoms with Crippen LogP contribution >= 0.6 is 9.47 Å². The lowest BCUT2D eigenvalue weighted by atomic mass is 9.85. The second-order valence-corrected chi connectivity index (χ2v) is 8.67. The number of ether oxygens (including phenoxy) is 2. The molecule has 1 heterocycles. The van der Waals surface area contributed by atoms with Gasteiger partial charge in [-0.2, -0.15) is 0 Å². The first-order chi connectivity index (χ1) is 14.0. The number of hydrogen-bond donors (Lipinski definition) is 2. The van der Waals surface area contributed by atoms with Gasteiger partial charge in [0.05, 0.1) is 25.4 Å². The van der Waals surface area contributed by atoms with Gasteiger partial charge in [-0.1, -0.05) is 31.9 Å². The van der Waals surface area contributed by atoms with Gasteiger partial charge in [0.2, 0.25) is 0 Å². The molecule has 0 radical (unpaired) electrons. The highest BCUT2D eigenvalue weighted by atomic mass is 31.0. The molecule has 1 aliphatic carbocycles. The van der Waals surface area contributed by atoms with Crippen LogP contribution in [0.25, 0.3) is 0 Å². The lowest BCUT2D eigenvalue weighted by Crippen LogP contribution is -2.33. The zero-order chi connectivity index (χ0) is 21.1. The number of aliphatic hydroxyl groups excluding tert-OH is 1. The van der Waals surface area contributed by atoms with Crippen molar-refractivity contribution in [2.75, 3.05) is 13.2 Å². The molecular weight excluding hydrogens is 391 g/mol. The maximum absolute atomic E-state index is 10.6. The molecule has 2 fully saturated rings. The maximum atomic E-state index is 10.6. The second kappa shape index (κ2) is 13.0. The van der Waals surface area contributed by atoms with E-state index in [2.05, 4.69) is 22.5 Å². The number of carboxylic acid groups (broad SMARTS) is 1. The Balaban J connectivity index is 1.89. The molecule has 0 aromatic carbocycles. The maximum Gasteiger partial charge on any atom is 0.303 e. The molecule has 168 valence electrons. The Bertz CT molecular complexity index is 506. The quantitative estimate of drug-likeness (QED) is 0.240. The standard InChI is InChI=1S/C22H39O6P/c1-2-3-8-12-22(26-14-15-27-22)13-11-18-17(19(23)16-20(18)28-29)9-6-4-5-7-10-21(24)25/h4,6,17-20,23H,2-3,5,7-16,29H2,1H3,(H,24,25)/b6-4+. The van der Waals surface area contributed by atoms with E-state index in [0.717, 1.165) is 38.5 Å². The van der Waals surface area contributed by atoms with Crippen molar-refractivity contribution >= 4 is 15.4 Å². The van der Waals surface area contributed by atoms with Gasteiger partial charge < -0.3 is 24.2 Å². The summed E-state index contributed by atoms with van der Waals surface area (Å²) in [4.78, 5) is 10.6. The van der Waals surface area contributed by atoms with Crippen molar-refractivity contribution in [1.82, 2.24) is 0 Å². The van der Waals surface area contributed by atoms with Crippen LogP contribution in [-0.4, -0.2) is 47.4 Å². The van der Waals surface area contributed by atoms with Gasteiger partial charge in [0, 0.05) is 35.2 Å². The van der Waals surface area contributed by atoms with E-state index in [1.807, 2.05) is 6.08 Å². The lowest BCUT2D eigenvalue weighted by Gasteiger charge is -2.31. The first kappa shape index (κ1) is 24.7.